The van der Waals surface area contributed by atoms with Crippen LogP contribution in [-0.2, 0) is 4.74 Å². The lowest BCUT2D eigenvalue weighted by Gasteiger charge is -2.32. The topological polar surface area (TPSA) is 64.5 Å². The van der Waals surface area contributed by atoms with Crippen molar-refractivity contribution in [3.8, 4) is 0 Å². The third-order valence-corrected chi connectivity index (χ3v) is 4.12. The van der Waals surface area contributed by atoms with Crippen molar-refractivity contribution < 1.29 is 4.74 Å². The molecule has 0 fully saturated rings. The highest BCUT2D eigenvalue weighted by Crippen LogP contribution is 2.25. The van der Waals surface area contributed by atoms with E-state index in [-0.39, 0.29) is 6.10 Å². The number of hydrogen-bond donors (Lipinski definition) is 2. The first kappa shape index (κ1) is 18.3. The standard InChI is InChI=1S/C17H35N3O/c1-4-5-12-20(19)17-15(18)9-7-6-8-10-16(17)21-13-11-14(2)3/h14,16H,4-13,18-19H2,1-3H3/b17-15-. The Morgan fingerprint density at radius 2 is 2.05 bits per heavy atom. The molecular weight excluding hydrogens is 262 g/mol. The summed E-state index contributed by atoms with van der Waals surface area (Å²) >= 11 is 0. The third kappa shape index (κ3) is 6.70. The van der Waals surface area contributed by atoms with Gasteiger partial charge in [-0.2, -0.15) is 0 Å². The van der Waals surface area contributed by atoms with Crippen molar-refractivity contribution in [3.63, 3.8) is 0 Å². The van der Waals surface area contributed by atoms with Gasteiger partial charge in [0.15, 0.2) is 0 Å². The number of ether oxygens (including phenoxy) is 1. The van der Waals surface area contributed by atoms with Gasteiger partial charge in [-0.05, 0) is 38.0 Å². The molecule has 0 heterocycles. The second kappa shape index (κ2) is 10.1. The van der Waals surface area contributed by atoms with Crippen molar-refractivity contribution in [2.45, 2.75) is 78.2 Å². The fourth-order valence-electron chi connectivity index (χ4n) is 2.72. The van der Waals surface area contributed by atoms with Crippen LogP contribution in [-0.4, -0.2) is 24.3 Å². The van der Waals surface area contributed by atoms with Gasteiger partial charge in [0, 0.05) is 18.8 Å². The van der Waals surface area contributed by atoms with Crippen LogP contribution in [0.2, 0.25) is 0 Å². The molecule has 0 bridgehead atoms. The molecule has 4 N–H and O–H groups in total. The number of nitrogens with two attached hydrogens (primary N) is 2. The van der Waals surface area contributed by atoms with E-state index in [2.05, 4.69) is 20.8 Å². The smallest absolute Gasteiger partial charge is 0.100 e. The molecule has 1 atom stereocenters. The van der Waals surface area contributed by atoms with Crippen LogP contribution in [0.1, 0.15) is 72.1 Å². The molecule has 0 radical (unpaired) electrons. The van der Waals surface area contributed by atoms with E-state index in [1.807, 2.05) is 5.01 Å². The summed E-state index contributed by atoms with van der Waals surface area (Å²) in [6.07, 6.45) is 8.96. The van der Waals surface area contributed by atoms with Crippen LogP contribution < -0.4 is 11.6 Å². The molecule has 1 aliphatic rings. The molecule has 0 aliphatic heterocycles. The second-order valence-corrected chi connectivity index (χ2v) is 6.60. The summed E-state index contributed by atoms with van der Waals surface area (Å²) in [4.78, 5) is 0. The van der Waals surface area contributed by atoms with Gasteiger partial charge >= 0.3 is 0 Å². The largest absolute Gasteiger partial charge is 0.401 e. The third-order valence-electron chi connectivity index (χ3n) is 4.12. The first-order valence-corrected chi connectivity index (χ1v) is 8.68. The number of hydrazine groups is 1. The zero-order chi connectivity index (χ0) is 15.7. The minimum atomic E-state index is 0.0749. The van der Waals surface area contributed by atoms with Crippen molar-refractivity contribution in [2.75, 3.05) is 13.2 Å². The van der Waals surface area contributed by atoms with Gasteiger partial charge in [-0.25, -0.2) is 5.84 Å². The molecule has 4 nitrogen and oxygen atoms in total. The van der Waals surface area contributed by atoms with Gasteiger partial charge in [0.2, 0.25) is 0 Å². The van der Waals surface area contributed by atoms with Gasteiger partial charge in [0.05, 0.1) is 5.70 Å². The zero-order valence-corrected chi connectivity index (χ0v) is 14.2. The molecule has 0 spiro atoms. The summed E-state index contributed by atoms with van der Waals surface area (Å²) in [6, 6.07) is 0. The van der Waals surface area contributed by atoms with E-state index in [1.165, 1.54) is 12.8 Å². The molecule has 4 heteroatoms. The van der Waals surface area contributed by atoms with Crippen LogP contribution in [0, 0.1) is 5.92 Å². The van der Waals surface area contributed by atoms with E-state index >= 15 is 0 Å². The SMILES string of the molecule is CCCCN(N)/C1=C(\N)CCCCCC1OCCC(C)C. The van der Waals surface area contributed by atoms with E-state index in [0.717, 1.165) is 63.1 Å². The molecule has 124 valence electrons. The first-order valence-electron chi connectivity index (χ1n) is 8.68. The molecular formula is C17H35N3O. The Bertz CT molecular complexity index is 315. The quantitative estimate of drug-likeness (QED) is 0.531. The number of unbranched alkanes of at least 4 members (excludes halogenated alkanes) is 1. The Balaban J connectivity index is 2.75. The Labute approximate surface area is 130 Å². The maximum Gasteiger partial charge on any atom is 0.100 e. The minimum absolute atomic E-state index is 0.0749. The summed E-state index contributed by atoms with van der Waals surface area (Å²) in [7, 11) is 0. The number of allylic oxidation sites excluding steroid dienone is 1. The predicted molar refractivity (Wildman–Crippen MR) is 89.3 cm³/mol. The lowest BCUT2D eigenvalue weighted by Crippen LogP contribution is -2.40. The van der Waals surface area contributed by atoms with Crippen LogP contribution in [0.5, 0.6) is 0 Å². The van der Waals surface area contributed by atoms with E-state index in [9.17, 15) is 0 Å². The normalized spacial score (nSPS) is 24.0. The molecule has 0 aromatic carbocycles. The van der Waals surface area contributed by atoms with Crippen LogP contribution in [0.3, 0.4) is 0 Å². The fourth-order valence-corrected chi connectivity index (χ4v) is 2.72. The van der Waals surface area contributed by atoms with E-state index < -0.39 is 0 Å². The van der Waals surface area contributed by atoms with Crippen molar-refractivity contribution in [1.82, 2.24) is 5.01 Å². The molecule has 0 aromatic heterocycles. The molecule has 0 amide bonds. The van der Waals surface area contributed by atoms with Crippen molar-refractivity contribution >= 4 is 0 Å². The van der Waals surface area contributed by atoms with Crippen LogP contribution in [0.25, 0.3) is 0 Å². The molecule has 1 unspecified atom stereocenters. The van der Waals surface area contributed by atoms with Gasteiger partial charge in [0.1, 0.15) is 6.10 Å². The molecule has 1 rings (SSSR count). The van der Waals surface area contributed by atoms with E-state index in [1.54, 1.807) is 0 Å². The Kier molecular flexibility index (Phi) is 8.77. The minimum Gasteiger partial charge on any atom is -0.401 e. The van der Waals surface area contributed by atoms with E-state index in [0.29, 0.717) is 5.92 Å². The zero-order valence-electron chi connectivity index (χ0n) is 14.2. The summed E-state index contributed by atoms with van der Waals surface area (Å²) < 4.78 is 6.15. The molecule has 0 aromatic rings. The van der Waals surface area contributed by atoms with Crippen molar-refractivity contribution in [2.24, 2.45) is 17.5 Å². The van der Waals surface area contributed by atoms with Crippen LogP contribution in [0.15, 0.2) is 11.4 Å². The second-order valence-electron chi connectivity index (χ2n) is 6.60. The number of nitrogens with zero attached hydrogens (tertiary/aromatic N) is 1. The van der Waals surface area contributed by atoms with Crippen LogP contribution >= 0.6 is 0 Å². The van der Waals surface area contributed by atoms with Gasteiger partial charge < -0.3 is 15.5 Å². The van der Waals surface area contributed by atoms with Gasteiger partial charge in [-0.15, -0.1) is 0 Å². The molecule has 0 saturated carbocycles. The number of hydrogen-bond acceptors (Lipinski definition) is 4. The summed E-state index contributed by atoms with van der Waals surface area (Å²) in [5, 5.41) is 1.85. The first-order chi connectivity index (χ1) is 10.1. The van der Waals surface area contributed by atoms with Crippen LogP contribution in [0.4, 0.5) is 0 Å². The highest BCUT2D eigenvalue weighted by molar-refractivity contribution is 5.15. The monoisotopic (exact) mass is 297 g/mol. The highest BCUT2D eigenvalue weighted by Gasteiger charge is 2.23. The summed E-state index contributed by atoms with van der Waals surface area (Å²) in [5.74, 6) is 6.95. The summed E-state index contributed by atoms with van der Waals surface area (Å²) in [5.41, 5.74) is 8.30. The van der Waals surface area contributed by atoms with Gasteiger partial charge in [-0.1, -0.05) is 40.0 Å². The van der Waals surface area contributed by atoms with Gasteiger partial charge in [0.25, 0.3) is 0 Å². The fraction of sp³-hybridized carbons (Fsp3) is 0.882. The van der Waals surface area contributed by atoms with Crippen molar-refractivity contribution in [1.29, 1.82) is 0 Å². The average Bonchev–Trinajstić information content (AvgIpc) is 2.41. The lowest BCUT2D eigenvalue weighted by atomic mass is 9.98. The highest BCUT2D eigenvalue weighted by atomic mass is 16.5. The van der Waals surface area contributed by atoms with E-state index in [4.69, 9.17) is 16.3 Å². The maximum atomic E-state index is 6.32. The van der Waals surface area contributed by atoms with Gasteiger partial charge in [-0.3, -0.25) is 0 Å². The van der Waals surface area contributed by atoms with Crippen molar-refractivity contribution in [3.05, 3.63) is 11.4 Å². The maximum absolute atomic E-state index is 6.32. The Morgan fingerprint density at radius 3 is 2.71 bits per heavy atom. The predicted octanol–water partition coefficient (Wildman–Crippen LogP) is 3.53. The number of rotatable bonds is 8. The Morgan fingerprint density at radius 1 is 1.29 bits per heavy atom. The summed E-state index contributed by atoms with van der Waals surface area (Å²) in [6.45, 7) is 8.28. The molecule has 0 saturated heterocycles. The average molecular weight is 297 g/mol. The molecule has 21 heavy (non-hydrogen) atoms. The Hall–Kier alpha value is -0.740. The molecule has 1 aliphatic carbocycles. The lowest BCUT2D eigenvalue weighted by molar-refractivity contribution is 0.0400.